The highest BCUT2D eigenvalue weighted by Crippen LogP contribution is 2.18. The van der Waals surface area contributed by atoms with Gasteiger partial charge in [-0.15, -0.1) is 11.3 Å². The highest BCUT2D eigenvalue weighted by molar-refractivity contribution is 7.11. The maximum atomic E-state index is 4.76. The first-order valence-corrected chi connectivity index (χ1v) is 11.2. The Morgan fingerprint density at radius 1 is 1.25 bits per heavy atom. The van der Waals surface area contributed by atoms with Crippen LogP contribution in [0.5, 0.6) is 0 Å². The number of thiazole rings is 1. The van der Waals surface area contributed by atoms with Crippen LogP contribution >= 0.6 is 11.3 Å². The summed E-state index contributed by atoms with van der Waals surface area (Å²) in [7, 11) is 0. The van der Waals surface area contributed by atoms with Crippen LogP contribution in [-0.2, 0) is 19.6 Å². The highest BCUT2D eigenvalue weighted by atomic mass is 32.1. The molecule has 0 spiro atoms. The predicted octanol–water partition coefficient (Wildman–Crippen LogP) is 3.94. The first-order valence-electron chi connectivity index (χ1n) is 10.4. The number of aliphatic imine (C=N–C) groups is 1. The Morgan fingerprint density at radius 2 is 2.04 bits per heavy atom. The van der Waals surface area contributed by atoms with E-state index in [1.165, 1.54) is 41.9 Å². The van der Waals surface area contributed by atoms with Gasteiger partial charge in [0.25, 0.3) is 0 Å². The van der Waals surface area contributed by atoms with Crippen LogP contribution in [0.2, 0.25) is 0 Å². The lowest BCUT2D eigenvalue weighted by Crippen LogP contribution is -2.36. The molecule has 0 aliphatic carbocycles. The fourth-order valence-corrected chi connectivity index (χ4v) is 4.19. The van der Waals surface area contributed by atoms with Crippen molar-refractivity contribution in [2.24, 2.45) is 10.9 Å². The van der Waals surface area contributed by atoms with Crippen LogP contribution < -0.4 is 10.6 Å². The Bertz CT molecular complexity index is 762. The highest BCUT2D eigenvalue weighted by Gasteiger charge is 2.15. The van der Waals surface area contributed by atoms with E-state index < -0.39 is 0 Å². The molecule has 0 bridgehead atoms. The summed E-state index contributed by atoms with van der Waals surface area (Å²) in [4.78, 5) is 13.0. The first-order chi connectivity index (χ1) is 13.6. The summed E-state index contributed by atoms with van der Waals surface area (Å²) in [6.45, 7) is 12.2. The normalized spacial score (nSPS) is 16.3. The molecule has 3 rings (SSSR count). The molecule has 2 heterocycles. The van der Waals surface area contributed by atoms with Gasteiger partial charge in [-0.25, -0.2) is 9.98 Å². The van der Waals surface area contributed by atoms with Crippen molar-refractivity contribution in [1.82, 2.24) is 20.5 Å². The van der Waals surface area contributed by atoms with Crippen LogP contribution in [0.1, 0.15) is 47.7 Å². The van der Waals surface area contributed by atoms with E-state index >= 15 is 0 Å². The second kappa shape index (κ2) is 10.6. The zero-order valence-electron chi connectivity index (χ0n) is 17.4. The van der Waals surface area contributed by atoms with Crippen molar-refractivity contribution in [3.8, 4) is 0 Å². The molecule has 2 aromatic rings. The van der Waals surface area contributed by atoms with E-state index in [0.29, 0.717) is 13.1 Å². The van der Waals surface area contributed by atoms with E-state index in [9.17, 15) is 0 Å². The molecular formula is C22H33N5S. The Morgan fingerprint density at radius 3 is 2.75 bits per heavy atom. The number of aromatic nitrogens is 1. The van der Waals surface area contributed by atoms with Gasteiger partial charge in [0.15, 0.2) is 5.96 Å². The van der Waals surface area contributed by atoms with Gasteiger partial charge in [0, 0.05) is 24.2 Å². The Balaban J connectivity index is 1.55. The number of nitrogens with one attached hydrogen (secondary N) is 2. The molecule has 0 atom stereocenters. The summed E-state index contributed by atoms with van der Waals surface area (Å²) < 4.78 is 0. The standard InChI is InChI=1S/C22H33N5S/c1-4-23-22(26-15-21-24-13-18(3)28-21)25-14-19-6-5-7-20(12-19)16-27-10-8-17(2)9-11-27/h5-7,12-13,17H,4,8-11,14-16H2,1-3H3,(H2,23,25,26). The SMILES string of the molecule is CCNC(=NCc1cccc(CN2CCC(C)CC2)c1)NCc1ncc(C)s1. The van der Waals surface area contributed by atoms with Gasteiger partial charge in [0.05, 0.1) is 13.1 Å². The maximum Gasteiger partial charge on any atom is 0.191 e. The summed E-state index contributed by atoms with van der Waals surface area (Å²) in [6.07, 6.45) is 4.56. The van der Waals surface area contributed by atoms with Gasteiger partial charge >= 0.3 is 0 Å². The number of hydrogen-bond acceptors (Lipinski definition) is 4. The quantitative estimate of drug-likeness (QED) is 0.547. The van der Waals surface area contributed by atoms with E-state index in [4.69, 9.17) is 4.99 Å². The van der Waals surface area contributed by atoms with Gasteiger partial charge in [-0.2, -0.15) is 0 Å². The number of hydrogen-bond donors (Lipinski definition) is 2. The molecule has 5 nitrogen and oxygen atoms in total. The van der Waals surface area contributed by atoms with Crippen LogP contribution in [0.25, 0.3) is 0 Å². The van der Waals surface area contributed by atoms with Crippen molar-refractivity contribution in [3.63, 3.8) is 0 Å². The monoisotopic (exact) mass is 399 g/mol. The molecule has 1 saturated heterocycles. The molecule has 1 aromatic heterocycles. The Labute approximate surface area is 173 Å². The van der Waals surface area contributed by atoms with Crippen molar-refractivity contribution in [3.05, 3.63) is 51.5 Å². The van der Waals surface area contributed by atoms with Crippen LogP contribution in [-0.4, -0.2) is 35.5 Å². The molecule has 152 valence electrons. The van der Waals surface area contributed by atoms with E-state index in [0.717, 1.165) is 30.0 Å². The minimum atomic E-state index is 0.678. The molecule has 6 heteroatoms. The number of aryl methyl sites for hydroxylation is 1. The molecule has 0 unspecified atom stereocenters. The van der Waals surface area contributed by atoms with E-state index in [-0.39, 0.29) is 0 Å². The molecule has 28 heavy (non-hydrogen) atoms. The average Bonchev–Trinajstić information content (AvgIpc) is 3.11. The lowest BCUT2D eigenvalue weighted by molar-refractivity contribution is 0.185. The number of likely N-dealkylation sites (tertiary alicyclic amines) is 1. The third-order valence-electron chi connectivity index (χ3n) is 5.11. The van der Waals surface area contributed by atoms with Crippen molar-refractivity contribution >= 4 is 17.3 Å². The second-order valence-corrected chi connectivity index (χ2v) is 9.01. The molecular weight excluding hydrogens is 366 g/mol. The summed E-state index contributed by atoms with van der Waals surface area (Å²) >= 11 is 1.72. The molecule has 1 fully saturated rings. The van der Waals surface area contributed by atoms with Crippen molar-refractivity contribution in [1.29, 1.82) is 0 Å². The lowest BCUT2D eigenvalue weighted by atomic mass is 9.98. The Kier molecular flexibility index (Phi) is 7.86. The van der Waals surface area contributed by atoms with Crippen LogP contribution in [0.15, 0.2) is 35.5 Å². The van der Waals surface area contributed by atoms with Crippen molar-refractivity contribution in [2.45, 2.75) is 53.2 Å². The zero-order chi connectivity index (χ0) is 19.8. The average molecular weight is 400 g/mol. The van der Waals surface area contributed by atoms with Crippen molar-refractivity contribution < 1.29 is 0 Å². The fourth-order valence-electron chi connectivity index (χ4n) is 3.46. The Hall–Kier alpha value is -1.92. The number of guanidine groups is 1. The number of nitrogens with zero attached hydrogens (tertiary/aromatic N) is 3. The van der Waals surface area contributed by atoms with E-state index in [2.05, 4.69) is 65.6 Å². The van der Waals surface area contributed by atoms with Gasteiger partial charge in [-0.3, -0.25) is 4.90 Å². The number of benzene rings is 1. The summed E-state index contributed by atoms with van der Waals surface area (Å²) in [6, 6.07) is 8.86. The van der Waals surface area contributed by atoms with Crippen LogP contribution in [0.4, 0.5) is 0 Å². The molecule has 1 aromatic carbocycles. The maximum absolute atomic E-state index is 4.76. The topological polar surface area (TPSA) is 52.6 Å². The van der Waals surface area contributed by atoms with Crippen LogP contribution in [0.3, 0.4) is 0 Å². The van der Waals surface area contributed by atoms with E-state index in [1.54, 1.807) is 11.3 Å². The largest absolute Gasteiger partial charge is 0.357 e. The minimum Gasteiger partial charge on any atom is -0.357 e. The van der Waals surface area contributed by atoms with Crippen LogP contribution in [0, 0.1) is 12.8 Å². The minimum absolute atomic E-state index is 0.678. The summed E-state index contributed by atoms with van der Waals surface area (Å²) in [5.74, 6) is 1.72. The molecule has 0 radical (unpaired) electrons. The molecule has 1 aliphatic rings. The molecule has 0 saturated carbocycles. The van der Waals surface area contributed by atoms with Gasteiger partial charge in [-0.05, 0) is 56.8 Å². The summed E-state index contributed by atoms with van der Waals surface area (Å²) in [5.41, 5.74) is 2.64. The second-order valence-electron chi connectivity index (χ2n) is 7.69. The van der Waals surface area contributed by atoms with Crippen molar-refractivity contribution in [2.75, 3.05) is 19.6 Å². The molecule has 0 amide bonds. The van der Waals surface area contributed by atoms with Gasteiger partial charge in [0.1, 0.15) is 5.01 Å². The molecule has 2 N–H and O–H groups in total. The van der Waals surface area contributed by atoms with Gasteiger partial charge in [0.2, 0.25) is 0 Å². The third kappa shape index (κ3) is 6.60. The lowest BCUT2D eigenvalue weighted by Gasteiger charge is -2.30. The number of rotatable bonds is 7. The zero-order valence-corrected chi connectivity index (χ0v) is 18.2. The fraction of sp³-hybridized carbons (Fsp3) is 0.545. The smallest absolute Gasteiger partial charge is 0.191 e. The summed E-state index contributed by atoms with van der Waals surface area (Å²) in [5, 5.41) is 7.79. The van der Waals surface area contributed by atoms with E-state index in [1.807, 2.05) is 6.20 Å². The predicted molar refractivity (Wildman–Crippen MR) is 119 cm³/mol. The third-order valence-corrected chi connectivity index (χ3v) is 6.03. The number of piperidine rings is 1. The first kappa shape index (κ1) is 20.8. The van der Waals surface area contributed by atoms with Gasteiger partial charge in [-0.1, -0.05) is 31.2 Å². The van der Waals surface area contributed by atoms with Gasteiger partial charge < -0.3 is 10.6 Å². The molecule has 1 aliphatic heterocycles.